The minimum absolute atomic E-state index is 0.0834. The highest BCUT2D eigenvalue weighted by Crippen LogP contribution is 2.32. The molecule has 3 rings (SSSR count). The fraction of sp³-hybridized carbons (Fsp3) is 0.550. The molecule has 146 valence electrons. The third-order valence-electron chi connectivity index (χ3n) is 5.80. The summed E-state index contributed by atoms with van der Waals surface area (Å²) >= 11 is 0. The Kier molecular flexibility index (Phi) is 5.48. The molecule has 0 unspecified atom stereocenters. The number of imide groups is 1. The van der Waals surface area contributed by atoms with Crippen LogP contribution in [0.2, 0.25) is 0 Å². The van der Waals surface area contributed by atoms with Gasteiger partial charge in [0.05, 0.1) is 0 Å². The average molecular weight is 375 g/mol. The number of benzene rings is 1. The van der Waals surface area contributed by atoms with Gasteiger partial charge in [-0.25, -0.2) is 9.18 Å². The summed E-state index contributed by atoms with van der Waals surface area (Å²) in [5.74, 6) is -0.837. The van der Waals surface area contributed by atoms with Crippen LogP contribution in [0, 0.1) is 11.7 Å². The SMILES string of the molecule is CC[C@@]1(c2ccc(F)cc2)NC(=O)N(CC(=O)N[C@@H]2CCCC[C@@H]2C)C1=O. The number of rotatable bonds is 5. The van der Waals surface area contributed by atoms with Gasteiger partial charge in [0, 0.05) is 6.04 Å². The van der Waals surface area contributed by atoms with Crippen molar-refractivity contribution < 1.29 is 18.8 Å². The van der Waals surface area contributed by atoms with E-state index in [4.69, 9.17) is 0 Å². The van der Waals surface area contributed by atoms with Gasteiger partial charge < -0.3 is 10.6 Å². The van der Waals surface area contributed by atoms with Crippen LogP contribution in [0.4, 0.5) is 9.18 Å². The lowest BCUT2D eigenvalue weighted by atomic mass is 9.86. The minimum Gasteiger partial charge on any atom is -0.352 e. The zero-order valence-electron chi connectivity index (χ0n) is 15.8. The molecule has 3 atom stereocenters. The largest absolute Gasteiger partial charge is 0.352 e. The topological polar surface area (TPSA) is 78.5 Å². The number of nitrogens with zero attached hydrogens (tertiary/aromatic N) is 1. The van der Waals surface area contributed by atoms with Gasteiger partial charge in [-0.2, -0.15) is 0 Å². The molecular formula is C20H26FN3O3. The zero-order valence-corrected chi connectivity index (χ0v) is 15.8. The number of carbonyl (C=O) groups excluding carboxylic acids is 3. The summed E-state index contributed by atoms with van der Waals surface area (Å²) in [5, 5.41) is 5.67. The molecule has 1 saturated heterocycles. The Morgan fingerprint density at radius 3 is 2.56 bits per heavy atom. The van der Waals surface area contributed by atoms with Crippen LogP contribution in [0.1, 0.15) is 51.5 Å². The number of nitrogens with one attached hydrogen (secondary N) is 2. The molecule has 1 heterocycles. The summed E-state index contributed by atoms with van der Waals surface area (Å²) in [7, 11) is 0. The molecule has 0 bridgehead atoms. The summed E-state index contributed by atoms with van der Waals surface area (Å²) in [6, 6.07) is 4.98. The lowest BCUT2D eigenvalue weighted by Crippen LogP contribution is -2.48. The van der Waals surface area contributed by atoms with Gasteiger partial charge in [0.15, 0.2) is 0 Å². The van der Waals surface area contributed by atoms with E-state index in [1.165, 1.54) is 24.3 Å². The molecule has 27 heavy (non-hydrogen) atoms. The molecule has 2 fully saturated rings. The van der Waals surface area contributed by atoms with E-state index in [9.17, 15) is 18.8 Å². The predicted octanol–water partition coefficient (Wildman–Crippen LogP) is 2.68. The van der Waals surface area contributed by atoms with Gasteiger partial charge in [0.1, 0.15) is 17.9 Å². The normalized spacial score (nSPS) is 28.2. The van der Waals surface area contributed by atoms with E-state index < -0.39 is 23.3 Å². The molecule has 2 N–H and O–H groups in total. The van der Waals surface area contributed by atoms with Crippen molar-refractivity contribution in [3.05, 3.63) is 35.6 Å². The van der Waals surface area contributed by atoms with E-state index in [2.05, 4.69) is 17.6 Å². The van der Waals surface area contributed by atoms with Crippen LogP contribution in [0.25, 0.3) is 0 Å². The highest BCUT2D eigenvalue weighted by atomic mass is 19.1. The Morgan fingerprint density at radius 2 is 1.93 bits per heavy atom. The maximum absolute atomic E-state index is 13.2. The first-order valence-electron chi connectivity index (χ1n) is 9.57. The van der Waals surface area contributed by atoms with Crippen LogP contribution in [0.3, 0.4) is 0 Å². The molecule has 0 aromatic heterocycles. The van der Waals surface area contributed by atoms with Crippen molar-refractivity contribution >= 4 is 17.8 Å². The molecule has 0 radical (unpaired) electrons. The molecule has 1 saturated carbocycles. The van der Waals surface area contributed by atoms with Crippen molar-refractivity contribution in [3.63, 3.8) is 0 Å². The first kappa shape index (κ1) is 19.3. The van der Waals surface area contributed by atoms with Gasteiger partial charge in [-0.15, -0.1) is 0 Å². The Morgan fingerprint density at radius 1 is 1.26 bits per heavy atom. The molecule has 2 aliphatic rings. The first-order chi connectivity index (χ1) is 12.9. The van der Waals surface area contributed by atoms with E-state index in [1.807, 2.05) is 0 Å². The highest BCUT2D eigenvalue weighted by molar-refractivity contribution is 6.09. The van der Waals surface area contributed by atoms with Crippen molar-refractivity contribution in [2.24, 2.45) is 5.92 Å². The van der Waals surface area contributed by atoms with Crippen LogP contribution >= 0.6 is 0 Å². The highest BCUT2D eigenvalue weighted by Gasteiger charge is 2.51. The van der Waals surface area contributed by atoms with E-state index in [1.54, 1.807) is 6.92 Å². The summed E-state index contributed by atoms with van der Waals surface area (Å²) in [6.45, 7) is 3.57. The fourth-order valence-electron chi connectivity index (χ4n) is 4.07. The average Bonchev–Trinajstić information content (AvgIpc) is 2.89. The molecular weight excluding hydrogens is 349 g/mol. The number of hydrogen-bond acceptors (Lipinski definition) is 3. The van der Waals surface area contributed by atoms with Crippen LogP contribution in [0.15, 0.2) is 24.3 Å². The number of halogens is 1. The van der Waals surface area contributed by atoms with Crippen LogP contribution < -0.4 is 10.6 Å². The van der Waals surface area contributed by atoms with Crippen LogP contribution in [0.5, 0.6) is 0 Å². The Balaban J connectivity index is 1.73. The summed E-state index contributed by atoms with van der Waals surface area (Å²) in [6.07, 6.45) is 4.53. The van der Waals surface area contributed by atoms with E-state index in [0.29, 0.717) is 17.9 Å². The van der Waals surface area contributed by atoms with Gasteiger partial charge in [-0.05, 0) is 42.9 Å². The van der Waals surface area contributed by atoms with E-state index >= 15 is 0 Å². The summed E-state index contributed by atoms with van der Waals surface area (Å²) < 4.78 is 13.2. The Hall–Kier alpha value is -2.44. The molecule has 1 aliphatic heterocycles. The van der Waals surface area contributed by atoms with Gasteiger partial charge in [0.25, 0.3) is 5.91 Å². The summed E-state index contributed by atoms with van der Waals surface area (Å²) in [5.41, 5.74) is -0.753. The molecule has 6 nitrogen and oxygen atoms in total. The second-order valence-corrected chi connectivity index (χ2v) is 7.52. The molecule has 1 aromatic rings. The molecule has 1 aromatic carbocycles. The van der Waals surface area contributed by atoms with Gasteiger partial charge in [-0.3, -0.25) is 14.5 Å². The van der Waals surface area contributed by atoms with Crippen LogP contribution in [-0.4, -0.2) is 35.3 Å². The monoisotopic (exact) mass is 375 g/mol. The Bertz CT molecular complexity index is 736. The third-order valence-corrected chi connectivity index (χ3v) is 5.80. The van der Waals surface area contributed by atoms with Crippen molar-refractivity contribution in [2.45, 2.75) is 57.5 Å². The van der Waals surface area contributed by atoms with Gasteiger partial charge >= 0.3 is 6.03 Å². The quantitative estimate of drug-likeness (QED) is 0.777. The van der Waals surface area contributed by atoms with Crippen molar-refractivity contribution in [1.29, 1.82) is 0 Å². The lowest BCUT2D eigenvalue weighted by Gasteiger charge is -2.30. The predicted molar refractivity (Wildman–Crippen MR) is 98.2 cm³/mol. The standard InChI is InChI=1S/C20H26FN3O3/c1-3-20(14-8-10-15(21)11-9-14)18(26)24(19(27)23-20)12-17(25)22-16-7-5-4-6-13(16)2/h8-11,13,16H,3-7,12H2,1-2H3,(H,22,25)(H,23,27)/t13-,16+,20-/m0/s1. The maximum atomic E-state index is 13.2. The van der Waals surface area contributed by atoms with Crippen molar-refractivity contribution in [3.8, 4) is 0 Å². The van der Waals surface area contributed by atoms with Crippen molar-refractivity contribution in [2.75, 3.05) is 6.54 Å². The molecule has 0 spiro atoms. The maximum Gasteiger partial charge on any atom is 0.325 e. The molecule has 1 aliphatic carbocycles. The summed E-state index contributed by atoms with van der Waals surface area (Å²) in [4.78, 5) is 38.9. The lowest BCUT2D eigenvalue weighted by molar-refractivity contribution is -0.135. The van der Waals surface area contributed by atoms with E-state index in [-0.39, 0.29) is 18.5 Å². The number of hydrogen-bond donors (Lipinski definition) is 2. The van der Waals surface area contributed by atoms with Gasteiger partial charge in [-0.1, -0.05) is 38.8 Å². The van der Waals surface area contributed by atoms with Crippen molar-refractivity contribution in [1.82, 2.24) is 15.5 Å². The second kappa shape index (κ2) is 7.66. The molecule has 4 amide bonds. The van der Waals surface area contributed by atoms with E-state index in [0.717, 1.165) is 30.6 Å². The molecule has 7 heteroatoms. The minimum atomic E-state index is -1.26. The van der Waals surface area contributed by atoms with Gasteiger partial charge in [0.2, 0.25) is 5.91 Å². The second-order valence-electron chi connectivity index (χ2n) is 7.52. The first-order valence-corrected chi connectivity index (χ1v) is 9.57. The number of carbonyl (C=O) groups is 3. The third kappa shape index (κ3) is 3.68. The van der Waals surface area contributed by atoms with Crippen LogP contribution in [-0.2, 0) is 15.1 Å². The number of amides is 4. The zero-order chi connectivity index (χ0) is 19.6. The Labute approximate surface area is 158 Å². The number of urea groups is 1. The smallest absolute Gasteiger partial charge is 0.325 e. The fourth-order valence-corrected chi connectivity index (χ4v) is 4.07.